The van der Waals surface area contributed by atoms with Crippen LogP contribution in [0.3, 0.4) is 0 Å². The van der Waals surface area contributed by atoms with E-state index in [1.807, 2.05) is 25.1 Å². The lowest BCUT2D eigenvalue weighted by molar-refractivity contribution is -0.120. The molecule has 2 aromatic rings. The van der Waals surface area contributed by atoms with E-state index in [-0.39, 0.29) is 0 Å². The normalized spacial score (nSPS) is 16.8. The third kappa shape index (κ3) is 2.57. The second kappa shape index (κ2) is 4.96. The fraction of sp³-hybridized carbons (Fsp3) is 0.400. The molecule has 2 heterocycles. The Balaban J connectivity index is 1.85. The van der Waals surface area contributed by atoms with E-state index >= 15 is 0 Å². The van der Waals surface area contributed by atoms with Gasteiger partial charge in [0.2, 0.25) is 0 Å². The van der Waals surface area contributed by atoms with E-state index in [1.54, 1.807) is 6.20 Å². The van der Waals surface area contributed by atoms with Gasteiger partial charge in [-0.15, -0.1) is 0 Å². The van der Waals surface area contributed by atoms with Gasteiger partial charge in [-0.3, -0.25) is 4.79 Å². The first-order chi connectivity index (χ1) is 9.22. The van der Waals surface area contributed by atoms with E-state index in [4.69, 9.17) is 4.42 Å². The zero-order valence-electron chi connectivity index (χ0n) is 10.9. The highest BCUT2D eigenvalue weighted by molar-refractivity contribution is 5.79. The molecule has 0 aliphatic heterocycles. The van der Waals surface area contributed by atoms with Gasteiger partial charge >= 0.3 is 0 Å². The van der Waals surface area contributed by atoms with Crippen molar-refractivity contribution in [3.63, 3.8) is 0 Å². The van der Waals surface area contributed by atoms with Crippen LogP contribution in [0.5, 0.6) is 0 Å². The topological polar surface area (TPSA) is 56.0 Å². The molecule has 0 N–H and O–H groups in total. The number of aryl methyl sites for hydroxylation is 1. The quantitative estimate of drug-likeness (QED) is 0.827. The molecule has 0 atom stereocenters. The molecule has 4 heteroatoms. The highest BCUT2D eigenvalue weighted by Gasteiger charge is 2.22. The summed E-state index contributed by atoms with van der Waals surface area (Å²) in [5.74, 6) is 3.13. The summed E-state index contributed by atoms with van der Waals surface area (Å²) in [6.45, 7) is 1.92. The number of rotatable bonds is 2. The first kappa shape index (κ1) is 12.1. The molecule has 1 aliphatic rings. The van der Waals surface area contributed by atoms with Crippen molar-refractivity contribution in [3.8, 4) is 11.5 Å². The summed E-state index contributed by atoms with van der Waals surface area (Å²) in [5.41, 5.74) is 0.815. The molecule has 0 aromatic carbocycles. The first-order valence-electron chi connectivity index (χ1n) is 6.64. The number of aromatic nitrogens is 2. The molecule has 3 rings (SSSR count). The Bertz CT molecular complexity index is 594. The summed E-state index contributed by atoms with van der Waals surface area (Å²) in [6, 6.07) is 5.71. The minimum absolute atomic E-state index is 0.300. The molecule has 98 valence electrons. The van der Waals surface area contributed by atoms with E-state index in [9.17, 15) is 4.79 Å². The third-order valence-electron chi connectivity index (χ3n) is 3.58. The summed E-state index contributed by atoms with van der Waals surface area (Å²) in [4.78, 5) is 20.2. The smallest absolute Gasteiger partial charge is 0.152 e. The van der Waals surface area contributed by atoms with Crippen LogP contribution < -0.4 is 0 Å². The lowest BCUT2D eigenvalue weighted by Crippen LogP contribution is -2.14. The molecule has 1 saturated carbocycles. The molecule has 0 radical (unpaired) electrons. The van der Waals surface area contributed by atoms with Gasteiger partial charge < -0.3 is 4.42 Å². The monoisotopic (exact) mass is 256 g/mol. The average Bonchev–Trinajstić information content (AvgIpc) is 2.86. The molecular formula is C15H16N2O2. The zero-order valence-corrected chi connectivity index (χ0v) is 10.9. The number of furan rings is 1. The van der Waals surface area contributed by atoms with Gasteiger partial charge in [0.1, 0.15) is 23.1 Å². The Morgan fingerprint density at radius 3 is 2.68 bits per heavy atom. The van der Waals surface area contributed by atoms with E-state index in [2.05, 4.69) is 9.97 Å². The Hall–Kier alpha value is -1.97. The van der Waals surface area contributed by atoms with E-state index in [0.29, 0.717) is 24.5 Å². The third-order valence-corrected chi connectivity index (χ3v) is 3.58. The van der Waals surface area contributed by atoms with Gasteiger partial charge in [-0.25, -0.2) is 9.97 Å². The van der Waals surface area contributed by atoms with Crippen molar-refractivity contribution in [1.82, 2.24) is 9.97 Å². The van der Waals surface area contributed by atoms with E-state index in [0.717, 1.165) is 35.9 Å². The van der Waals surface area contributed by atoms with E-state index < -0.39 is 0 Å². The summed E-state index contributed by atoms with van der Waals surface area (Å²) in [7, 11) is 0. The highest BCUT2D eigenvalue weighted by Crippen LogP contribution is 2.30. The molecule has 0 amide bonds. The number of nitrogens with zero attached hydrogens (tertiary/aromatic N) is 2. The SMILES string of the molecule is Cc1ccc(-c2ccnc(C3CCC(=O)CC3)n2)o1. The Labute approximate surface area is 111 Å². The van der Waals surface area contributed by atoms with Crippen LogP contribution in [0.25, 0.3) is 11.5 Å². The number of hydrogen-bond acceptors (Lipinski definition) is 4. The summed E-state index contributed by atoms with van der Waals surface area (Å²) in [6.07, 6.45) is 4.79. The maximum Gasteiger partial charge on any atom is 0.152 e. The molecule has 2 aromatic heterocycles. The largest absolute Gasteiger partial charge is 0.460 e. The molecule has 0 saturated heterocycles. The molecular weight excluding hydrogens is 240 g/mol. The number of carbonyl (C=O) groups is 1. The first-order valence-corrected chi connectivity index (χ1v) is 6.64. The highest BCUT2D eigenvalue weighted by atomic mass is 16.3. The van der Waals surface area contributed by atoms with Gasteiger partial charge in [-0.2, -0.15) is 0 Å². The van der Waals surface area contributed by atoms with Crippen LogP contribution in [0.2, 0.25) is 0 Å². The molecule has 1 aliphatic carbocycles. The maximum atomic E-state index is 11.3. The predicted molar refractivity (Wildman–Crippen MR) is 70.7 cm³/mol. The van der Waals surface area contributed by atoms with Gasteiger partial charge in [0.25, 0.3) is 0 Å². The summed E-state index contributed by atoms with van der Waals surface area (Å²) < 4.78 is 5.58. The van der Waals surface area contributed by atoms with Crippen LogP contribution in [0.4, 0.5) is 0 Å². The number of Topliss-reactive ketones (excluding diaryl/α,β-unsaturated/α-hetero) is 1. The number of hydrogen-bond donors (Lipinski definition) is 0. The van der Waals surface area contributed by atoms with Gasteiger partial charge in [-0.1, -0.05) is 0 Å². The Morgan fingerprint density at radius 2 is 2.00 bits per heavy atom. The van der Waals surface area contributed by atoms with Crippen molar-refractivity contribution in [2.45, 2.75) is 38.5 Å². The molecule has 4 nitrogen and oxygen atoms in total. The Morgan fingerprint density at radius 1 is 1.21 bits per heavy atom. The number of carbonyl (C=O) groups excluding carboxylic acids is 1. The van der Waals surface area contributed by atoms with Crippen molar-refractivity contribution in [3.05, 3.63) is 36.0 Å². The standard InChI is InChI=1S/C15H16N2O2/c1-10-2-7-14(19-10)13-8-9-16-15(17-13)11-3-5-12(18)6-4-11/h2,7-9,11H,3-6H2,1H3. The van der Waals surface area contributed by atoms with Crippen LogP contribution in [-0.2, 0) is 4.79 Å². The van der Waals surface area contributed by atoms with E-state index in [1.165, 1.54) is 0 Å². The van der Waals surface area contributed by atoms with Crippen molar-refractivity contribution in [2.24, 2.45) is 0 Å². The summed E-state index contributed by atoms with van der Waals surface area (Å²) >= 11 is 0. The molecule has 0 unspecified atom stereocenters. The fourth-order valence-corrected chi connectivity index (χ4v) is 2.48. The second-order valence-corrected chi connectivity index (χ2v) is 5.02. The second-order valence-electron chi connectivity index (χ2n) is 5.02. The van der Waals surface area contributed by atoms with Crippen molar-refractivity contribution in [2.75, 3.05) is 0 Å². The maximum absolute atomic E-state index is 11.3. The lowest BCUT2D eigenvalue weighted by Gasteiger charge is -2.19. The minimum Gasteiger partial charge on any atom is -0.460 e. The predicted octanol–water partition coefficient (Wildman–Crippen LogP) is 3.27. The van der Waals surface area contributed by atoms with Crippen LogP contribution in [-0.4, -0.2) is 15.8 Å². The Kier molecular flexibility index (Phi) is 3.15. The van der Waals surface area contributed by atoms with Crippen LogP contribution >= 0.6 is 0 Å². The lowest BCUT2D eigenvalue weighted by atomic mass is 9.88. The summed E-state index contributed by atoms with van der Waals surface area (Å²) in [5, 5.41) is 0. The molecule has 0 bridgehead atoms. The van der Waals surface area contributed by atoms with Gasteiger partial charge in [-0.05, 0) is 38.0 Å². The van der Waals surface area contributed by atoms with Gasteiger partial charge in [0, 0.05) is 25.0 Å². The van der Waals surface area contributed by atoms with Crippen LogP contribution in [0.1, 0.15) is 43.2 Å². The van der Waals surface area contributed by atoms with Crippen LogP contribution in [0, 0.1) is 6.92 Å². The van der Waals surface area contributed by atoms with Crippen molar-refractivity contribution >= 4 is 5.78 Å². The fourth-order valence-electron chi connectivity index (χ4n) is 2.48. The van der Waals surface area contributed by atoms with Crippen LogP contribution in [0.15, 0.2) is 28.8 Å². The molecule has 1 fully saturated rings. The van der Waals surface area contributed by atoms with Gasteiger partial charge in [0.15, 0.2) is 5.76 Å². The van der Waals surface area contributed by atoms with Gasteiger partial charge in [0.05, 0.1) is 0 Å². The molecule has 0 spiro atoms. The molecule has 19 heavy (non-hydrogen) atoms. The number of ketones is 1. The zero-order chi connectivity index (χ0) is 13.2. The van der Waals surface area contributed by atoms with Crippen molar-refractivity contribution in [1.29, 1.82) is 0 Å². The minimum atomic E-state index is 0.300. The average molecular weight is 256 g/mol. The van der Waals surface area contributed by atoms with Crippen molar-refractivity contribution < 1.29 is 9.21 Å².